The predicted molar refractivity (Wildman–Crippen MR) is 66.2 cm³/mol. The first kappa shape index (κ1) is 16.2. The largest absolute Gasteiger partial charge is 0.481 e. The van der Waals surface area contributed by atoms with Gasteiger partial charge in [0.1, 0.15) is 5.82 Å². The molecule has 1 atom stereocenters. The van der Waals surface area contributed by atoms with Crippen LogP contribution in [0.15, 0.2) is 12.1 Å². The number of aromatic nitrogens is 2. The van der Waals surface area contributed by atoms with Crippen LogP contribution in [0.5, 0.6) is 0 Å². The molecule has 0 saturated carbocycles. The number of aliphatic carboxylic acids is 1. The van der Waals surface area contributed by atoms with Gasteiger partial charge in [-0.1, -0.05) is 20.8 Å². The summed E-state index contributed by atoms with van der Waals surface area (Å²) in [7, 11) is 0. The number of rotatable bonds is 4. The fourth-order valence-electron chi connectivity index (χ4n) is 1.49. The van der Waals surface area contributed by atoms with Crippen molar-refractivity contribution in [2.24, 2.45) is 5.41 Å². The maximum Gasteiger partial charge on any atom is 0.435 e. The maximum atomic E-state index is 12.3. The normalized spacial score (nSPS) is 13.9. The van der Waals surface area contributed by atoms with Gasteiger partial charge in [-0.15, -0.1) is 10.2 Å². The van der Waals surface area contributed by atoms with Crippen LogP contribution in [0.25, 0.3) is 0 Å². The number of alkyl halides is 3. The number of carboxylic acid groups (broad SMARTS) is 1. The van der Waals surface area contributed by atoms with Crippen molar-refractivity contribution in [1.82, 2.24) is 10.2 Å². The van der Waals surface area contributed by atoms with Gasteiger partial charge in [-0.3, -0.25) is 4.79 Å². The molecule has 1 heterocycles. The molecule has 1 aromatic rings. The predicted octanol–water partition coefficient (Wildman–Crippen LogP) is 2.80. The Hall–Kier alpha value is -1.86. The highest BCUT2D eigenvalue weighted by atomic mass is 19.4. The average Bonchev–Trinajstić information content (AvgIpc) is 2.25. The molecule has 1 rings (SSSR count). The number of nitrogens with one attached hydrogen (secondary N) is 1. The zero-order valence-corrected chi connectivity index (χ0v) is 11.3. The molecular weight excluding hydrogens is 275 g/mol. The number of hydrogen-bond donors (Lipinski definition) is 2. The molecule has 8 heteroatoms. The minimum absolute atomic E-state index is 0.110. The van der Waals surface area contributed by atoms with E-state index in [-0.39, 0.29) is 12.2 Å². The van der Waals surface area contributed by atoms with Crippen molar-refractivity contribution in [3.8, 4) is 0 Å². The first-order chi connectivity index (χ1) is 9.00. The second kappa shape index (κ2) is 5.64. The highest BCUT2D eigenvalue weighted by molar-refractivity contribution is 5.68. The van der Waals surface area contributed by atoms with Crippen LogP contribution >= 0.6 is 0 Å². The van der Waals surface area contributed by atoms with Gasteiger partial charge in [-0.05, 0) is 17.5 Å². The Morgan fingerprint density at radius 3 is 2.25 bits per heavy atom. The average molecular weight is 291 g/mol. The summed E-state index contributed by atoms with van der Waals surface area (Å²) in [5.41, 5.74) is -1.49. The molecule has 2 N–H and O–H groups in total. The standard InChI is InChI=1S/C12H16F3N3O2/c1-11(2,3)8(6-10(19)20)16-9-5-4-7(17-18-9)12(13,14)15/h4-5,8H,6H2,1-3H3,(H,16,18)(H,19,20). The zero-order valence-electron chi connectivity index (χ0n) is 11.3. The van der Waals surface area contributed by atoms with Crippen molar-refractivity contribution in [1.29, 1.82) is 0 Å². The van der Waals surface area contributed by atoms with Crippen LogP contribution in [-0.4, -0.2) is 27.3 Å². The Morgan fingerprint density at radius 2 is 1.90 bits per heavy atom. The molecule has 0 bridgehead atoms. The molecule has 0 aliphatic heterocycles. The number of halogens is 3. The van der Waals surface area contributed by atoms with Crippen LogP contribution in [0.4, 0.5) is 19.0 Å². The first-order valence-electron chi connectivity index (χ1n) is 5.89. The molecule has 5 nitrogen and oxygen atoms in total. The van der Waals surface area contributed by atoms with Gasteiger partial charge in [-0.2, -0.15) is 13.2 Å². The number of carboxylic acids is 1. The summed E-state index contributed by atoms with van der Waals surface area (Å²) >= 11 is 0. The SMILES string of the molecule is CC(C)(C)C(CC(=O)O)Nc1ccc(C(F)(F)F)nn1. The lowest BCUT2D eigenvalue weighted by atomic mass is 9.85. The van der Waals surface area contributed by atoms with E-state index in [9.17, 15) is 18.0 Å². The number of hydrogen-bond acceptors (Lipinski definition) is 4. The molecule has 0 fully saturated rings. The van der Waals surface area contributed by atoms with E-state index in [1.807, 2.05) is 20.8 Å². The summed E-state index contributed by atoms with van der Waals surface area (Å²) in [6.07, 6.45) is -4.72. The minimum atomic E-state index is -4.55. The minimum Gasteiger partial charge on any atom is -0.481 e. The maximum absolute atomic E-state index is 12.3. The van der Waals surface area contributed by atoms with E-state index in [0.29, 0.717) is 0 Å². The first-order valence-corrected chi connectivity index (χ1v) is 5.89. The Morgan fingerprint density at radius 1 is 1.30 bits per heavy atom. The van der Waals surface area contributed by atoms with Crippen LogP contribution in [0.2, 0.25) is 0 Å². The van der Waals surface area contributed by atoms with E-state index < -0.39 is 29.3 Å². The molecule has 0 aromatic carbocycles. The molecule has 0 amide bonds. The smallest absolute Gasteiger partial charge is 0.435 e. The van der Waals surface area contributed by atoms with Gasteiger partial charge in [0.2, 0.25) is 0 Å². The lowest BCUT2D eigenvalue weighted by Crippen LogP contribution is -2.36. The second-order valence-electron chi connectivity index (χ2n) is 5.46. The molecule has 112 valence electrons. The van der Waals surface area contributed by atoms with Crippen LogP contribution in [0.3, 0.4) is 0 Å². The van der Waals surface area contributed by atoms with E-state index >= 15 is 0 Å². The molecule has 1 aromatic heterocycles. The molecule has 1 unspecified atom stereocenters. The summed E-state index contributed by atoms with van der Waals surface area (Å²) in [6.45, 7) is 5.47. The van der Waals surface area contributed by atoms with Crippen molar-refractivity contribution in [3.05, 3.63) is 17.8 Å². The third-order valence-electron chi connectivity index (χ3n) is 2.70. The third kappa shape index (κ3) is 4.67. The third-order valence-corrected chi connectivity index (χ3v) is 2.70. The van der Waals surface area contributed by atoms with Gasteiger partial charge in [0.05, 0.1) is 6.42 Å². The molecule has 0 aliphatic carbocycles. The summed E-state index contributed by atoms with van der Waals surface area (Å²) in [5.74, 6) is -0.892. The number of nitrogens with zero attached hydrogens (tertiary/aromatic N) is 2. The second-order valence-corrected chi connectivity index (χ2v) is 5.46. The summed E-state index contributed by atoms with van der Waals surface area (Å²) in [5, 5.41) is 18.2. The molecule has 20 heavy (non-hydrogen) atoms. The van der Waals surface area contributed by atoms with Crippen molar-refractivity contribution in [2.75, 3.05) is 5.32 Å². The van der Waals surface area contributed by atoms with Gasteiger partial charge in [0, 0.05) is 6.04 Å². The number of carbonyl (C=O) groups is 1. The fourth-order valence-corrected chi connectivity index (χ4v) is 1.49. The lowest BCUT2D eigenvalue weighted by molar-refractivity contribution is -0.141. The van der Waals surface area contributed by atoms with Crippen LogP contribution in [0, 0.1) is 5.41 Å². The van der Waals surface area contributed by atoms with E-state index in [4.69, 9.17) is 5.11 Å². The quantitative estimate of drug-likeness (QED) is 0.892. The molecule has 0 radical (unpaired) electrons. The summed E-state index contributed by atoms with van der Waals surface area (Å²) in [6, 6.07) is 1.46. The van der Waals surface area contributed by atoms with E-state index in [2.05, 4.69) is 15.5 Å². The van der Waals surface area contributed by atoms with Gasteiger partial charge in [0.25, 0.3) is 0 Å². The van der Waals surface area contributed by atoms with Crippen molar-refractivity contribution in [2.45, 2.75) is 39.4 Å². The van der Waals surface area contributed by atoms with Crippen molar-refractivity contribution in [3.63, 3.8) is 0 Å². The summed E-state index contributed by atoms with van der Waals surface area (Å²) < 4.78 is 37.0. The topological polar surface area (TPSA) is 75.1 Å². The Kier molecular flexibility index (Phi) is 4.57. The van der Waals surface area contributed by atoms with Crippen LogP contribution < -0.4 is 5.32 Å². The van der Waals surface area contributed by atoms with E-state index in [0.717, 1.165) is 12.1 Å². The highest BCUT2D eigenvalue weighted by Gasteiger charge is 2.33. The van der Waals surface area contributed by atoms with Crippen molar-refractivity contribution >= 4 is 11.8 Å². The molecular formula is C12H16F3N3O2. The van der Waals surface area contributed by atoms with Crippen LogP contribution in [-0.2, 0) is 11.0 Å². The van der Waals surface area contributed by atoms with Crippen LogP contribution in [0.1, 0.15) is 32.9 Å². The van der Waals surface area contributed by atoms with Gasteiger partial charge < -0.3 is 10.4 Å². The zero-order chi connectivity index (χ0) is 15.6. The lowest BCUT2D eigenvalue weighted by Gasteiger charge is -2.30. The molecule has 0 saturated heterocycles. The molecule has 0 spiro atoms. The Balaban J connectivity index is 2.87. The van der Waals surface area contributed by atoms with Gasteiger partial charge >= 0.3 is 12.1 Å². The molecule has 0 aliphatic rings. The van der Waals surface area contributed by atoms with Crippen molar-refractivity contribution < 1.29 is 23.1 Å². The Bertz CT molecular complexity index is 466. The fraction of sp³-hybridized carbons (Fsp3) is 0.583. The monoisotopic (exact) mass is 291 g/mol. The highest BCUT2D eigenvalue weighted by Crippen LogP contribution is 2.28. The Labute approximate surface area is 114 Å². The van der Waals surface area contributed by atoms with E-state index in [1.165, 1.54) is 0 Å². The van der Waals surface area contributed by atoms with Gasteiger partial charge in [0.15, 0.2) is 5.69 Å². The summed E-state index contributed by atoms with van der Waals surface area (Å²) in [4.78, 5) is 10.8. The van der Waals surface area contributed by atoms with Gasteiger partial charge in [-0.25, -0.2) is 0 Å². The number of anilines is 1. The van der Waals surface area contributed by atoms with E-state index in [1.54, 1.807) is 0 Å².